The second kappa shape index (κ2) is 8.52. The molecule has 0 amide bonds. The first-order chi connectivity index (χ1) is 11.1. The zero-order valence-corrected chi connectivity index (χ0v) is 14.3. The third-order valence-corrected chi connectivity index (χ3v) is 4.08. The molecule has 2 heteroatoms. The third kappa shape index (κ3) is 5.24. The normalized spacial score (nSPS) is 12.0. The zero-order chi connectivity index (χ0) is 16.7. The van der Waals surface area contributed by atoms with Gasteiger partial charge in [0.05, 0.1) is 0 Å². The molecule has 2 nitrogen and oxygen atoms in total. The van der Waals surface area contributed by atoms with E-state index in [9.17, 15) is 4.79 Å². The smallest absolute Gasteiger partial charge is 0.303 e. The highest BCUT2D eigenvalue weighted by molar-refractivity contribution is 5.67. The van der Waals surface area contributed by atoms with E-state index in [0.29, 0.717) is 0 Å². The number of hydrogen-bond donors (Lipinski definition) is 0. The van der Waals surface area contributed by atoms with Crippen molar-refractivity contribution in [3.05, 3.63) is 59.7 Å². The largest absolute Gasteiger partial charge is 0.458 e. The predicted molar refractivity (Wildman–Crippen MR) is 95.3 cm³/mol. The van der Waals surface area contributed by atoms with E-state index in [4.69, 9.17) is 4.74 Å². The van der Waals surface area contributed by atoms with Crippen molar-refractivity contribution in [3.63, 3.8) is 0 Å². The van der Waals surface area contributed by atoms with E-state index < -0.39 is 0 Å². The minimum Gasteiger partial charge on any atom is -0.458 e. The van der Waals surface area contributed by atoms with Gasteiger partial charge < -0.3 is 4.74 Å². The molecule has 2 aromatic carbocycles. The highest BCUT2D eigenvalue weighted by Crippen LogP contribution is 2.24. The van der Waals surface area contributed by atoms with Gasteiger partial charge in [-0.1, -0.05) is 68.3 Å². The molecule has 0 aliphatic carbocycles. The van der Waals surface area contributed by atoms with Crippen molar-refractivity contribution in [2.24, 2.45) is 0 Å². The van der Waals surface area contributed by atoms with E-state index in [0.717, 1.165) is 12.0 Å². The van der Waals surface area contributed by atoms with Crippen molar-refractivity contribution in [1.29, 1.82) is 0 Å². The molecule has 0 aliphatic heterocycles. The van der Waals surface area contributed by atoms with Gasteiger partial charge in [0.15, 0.2) is 0 Å². The molecule has 0 heterocycles. The van der Waals surface area contributed by atoms with Crippen LogP contribution in [0, 0.1) is 0 Å². The lowest BCUT2D eigenvalue weighted by molar-refractivity contribution is -0.145. The summed E-state index contributed by atoms with van der Waals surface area (Å²) >= 11 is 0. The van der Waals surface area contributed by atoms with Crippen LogP contribution in [0.5, 0.6) is 0 Å². The van der Waals surface area contributed by atoms with Gasteiger partial charge in [-0.3, -0.25) is 4.79 Å². The first kappa shape index (κ1) is 17.3. The van der Waals surface area contributed by atoms with Gasteiger partial charge in [-0.15, -0.1) is 0 Å². The summed E-state index contributed by atoms with van der Waals surface area (Å²) in [6.45, 7) is 5.56. The maximum absolute atomic E-state index is 11.0. The lowest BCUT2D eigenvalue weighted by Gasteiger charge is -2.12. The Kier molecular flexibility index (Phi) is 6.40. The summed E-state index contributed by atoms with van der Waals surface area (Å²) in [6, 6.07) is 17.0. The van der Waals surface area contributed by atoms with Crippen LogP contribution >= 0.6 is 0 Å². The molecule has 1 unspecified atom stereocenters. The van der Waals surface area contributed by atoms with E-state index in [1.165, 1.54) is 42.9 Å². The molecule has 2 aromatic rings. The van der Waals surface area contributed by atoms with E-state index in [-0.39, 0.29) is 12.1 Å². The van der Waals surface area contributed by atoms with Crippen molar-refractivity contribution in [2.45, 2.75) is 52.6 Å². The molecular formula is C21H26O2. The van der Waals surface area contributed by atoms with Crippen molar-refractivity contribution in [3.8, 4) is 11.1 Å². The van der Waals surface area contributed by atoms with Crippen LogP contribution in [0.3, 0.4) is 0 Å². The maximum atomic E-state index is 11.0. The van der Waals surface area contributed by atoms with Crippen molar-refractivity contribution in [1.82, 2.24) is 0 Å². The standard InChI is InChI=1S/C21H26O2/c1-4-5-6-7-18-8-10-20(11-9-18)21-14-12-19(13-15-21)16(2)23-17(3)22/h8-16H,4-7H2,1-3H3. The molecule has 0 saturated carbocycles. The van der Waals surface area contributed by atoms with Crippen molar-refractivity contribution in [2.75, 3.05) is 0 Å². The third-order valence-electron chi connectivity index (χ3n) is 4.08. The van der Waals surface area contributed by atoms with E-state index in [1.54, 1.807) is 0 Å². The molecule has 2 rings (SSSR count). The molecule has 0 aliphatic rings. The number of benzene rings is 2. The quantitative estimate of drug-likeness (QED) is 0.483. The predicted octanol–water partition coefficient (Wildman–Crippen LogP) is 5.71. The molecule has 0 radical (unpaired) electrons. The Bertz CT molecular complexity index is 611. The fraction of sp³-hybridized carbons (Fsp3) is 0.381. The number of unbranched alkanes of at least 4 members (excludes halogenated alkanes) is 2. The number of ether oxygens (including phenoxy) is 1. The summed E-state index contributed by atoms with van der Waals surface area (Å²) < 4.78 is 5.21. The average molecular weight is 310 g/mol. The molecule has 0 saturated heterocycles. The van der Waals surface area contributed by atoms with Crippen LogP contribution in [0.2, 0.25) is 0 Å². The molecule has 1 atom stereocenters. The van der Waals surface area contributed by atoms with E-state index in [2.05, 4.69) is 43.3 Å². The Balaban J connectivity index is 2.03. The Labute approximate surface area is 139 Å². The van der Waals surface area contributed by atoms with E-state index in [1.807, 2.05) is 19.1 Å². The molecule has 0 spiro atoms. The van der Waals surface area contributed by atoms with Gasteiger partial charge in [-0.05, 0) is 42.0 Å². The Morgan fingerprint density at radius 3 is 2.04 bits per heavy atom. The maximum Gasteiger partial charge on any atom is 0.303 e. The monoisotopic (exact) mass is 310 g/mol. The minimum atomic E-state index is -0.250. The highest BCUT2D eigenvalue weighted by Gasteiger charge is 2.08. The summed E-state index contributed by atoms with van der Waals surface area (Å²) in [7, 11) is 0. The average Bonchev–Trinajstić information content (AvgIpc) is 2.55. The lowest BCUT2D eigenvalue weighted by Crippen LogP contribution is -2.04. The van der Waals surface area contributed by atoms with Gasteiger partial charge in [0, 0.05) is 6.92 Å². The molecule has 0 fully saturated rings. The van der Waals surface area contributed by atoms with E-state index >= 15 is 0 Å². The molecule has 122 valence electrons. The van der Waals surface area contributed by atoms with Gasteiger partial charge in [0.1, 0.15) is 6.10 Å². The van der Waals surface area contributed by atoms with Crippen LogP contribution in [0.15, 0.2) is 48.5 Å². The highest BCUT2D eigenvalue weighted by atomic mass is 16.5. The van der Waals surface area contributed by atoms with Crippen LogP contribution < -0.4 is 0 Å². The second-order valence-corrected chi connectivity index (χ2v) is 6.03. The molecule has 0 bridgehead atoms. The summed E-state index contributed by atoms with van der Waals surface area (Å²) in [5.74, 6) is -0.250. The van der Waals surface area contributed by atoms with Crippen LogP contribution in [0.4, 0.5) is 0 Å². The Morgan fingerprint density at radius 2 is 1.52 bits per heavy atom. The van der Waals surface area contributed by atoms with Gasteiger partial charge >= 0.3 is 5.97 Å². The summed E-state index contributed by atoms with van der Waals surface area (Å²) in [5, 5.41) is 0. The summed E-state index contributed by atoms with van der Waals surface area (Å²) in [6.07, 6.45) is 4.77. The Morgan fingerprint density at radius 1 is 0.957 bits per heavy atom. The van der Waals surface area contributed by atoms with Crippen LogP contribution in [0.25, 0.3) is 11.1 Å². The number of hydrogen-bond acceptors (Lipinski definition) is 2. The van der Waals surface area contributed by atoms with Crippen molar-refractivity contribution >= 4 is 5.97 Å². The second-order valence-electron chi connectivity index (χ2n) is 6.03. The SMILES string of the molecule is CCCCCc1ccc(-c2ccc(C(C)OC(C)=O)cc2)cc1. The fourth-order valence-corrected chi connectivity index (χ4v) is 2.71. The lowest BCUT2D eigenvalue weighted by atomic mass is 9.99. The molecule has 23 heavy (non-hydrogen) atoms. The number of esters is 1. The number of aryl methyl sites for hydroxylation is 1. The van der Waals surface area contributed by atoms with Crippen LogP contribution in [-0.2, 0) is 16.0 Å². The Hall–Kier alpha value is -2.09. The van der Waals surface area contributed by atoms with Crippen molar-refractivity contribution < 1.29 is 9.53 Å². The van der Waals surface area contributed by atoms with Crippen LogP contribution in [0.1, 0.15) is 57.3 Å². The first-order valence-corrected chi connectivity index (χ1v) is 8.46. The van der Waals surface area contributed by atoms with Gasteiger partial charge in [-0.25, -0.2) is 0 Å². The van der Waals surface area contributed by atoms with Gasteiger partial charge in [0.25, 0.3) is 0 Å². The number of carbonyl (C=O) groups excluding carboxylic acids is 1. The van der Waals surface area contributed by atoms with Crippen LogP contribution in [-0.4, -0.2) is 5.97 Å². The molecule has 0 N–H and O–H groups in total. The number of carbonyl (C=O) groups is 1. The molecular weight excluding hydrogens is 284 g/mol. The summed E-state index contributed by atoms with van der Waals surface area (Å²) in [5.41, 5.74) is 4.82. The van der Waals surface area contributed by atoms with Gasteiger partial charge in [0.2, 0.25) is 0 Å². The zero-order valence-electron chi connectivity index (χ0n) is 14.3. The molecule has 0 aromatic heterocycles. The number of rotatable bonds is 7. The first-order valence-electron chi connectivity index (χ1n) is 8.46. The van der Waals surface area contributed by atoms with Gasteiger partial charge in [-0.2, -0.15) is 0 Å². The fourth-order valence-electron chi connectivity index (χ4n) is 2.71. The summed E-state index contributed by atoms with van der Waals surface area (Å²) in [4.78, 5) is 11.0. The topological polar surface area (TPSA) is 26.3 Å². The minimum absolute atomic E-state index is 0.206.